The fraction of sp³-hybridized carbons (Fsp3) is 0.500. The average Bonchev–Trinajstić information content (AvgIpc) is 2.39. The number of anilines is 1. The summed E-state index contributed by atoms with van der Waals surface area (Å²) >= 11 is 0. The summed E-state index contributed by atoms with van der Waals surface area (Å²) in [5.41, 5.74) is 0.978. The fourth-order valence-electron chi connectivity index (χ4n) is 2.04. The minimum Gasteiger partial charge on any atom is -0.477 e. The zero-order chi connectivity index (χ0) is 12.3. The van der Waals surface area contributed by atoms with Crippen LogP contribution in [0.3, 0.4) is 0 Å². The van der Waals surface area contributed by atoms with Crippen molar-refractivity contribution in [1.29, 1.82) is 0 Å². The fourth-order valence-corrected chi connectivity index (χ4v) is 2.04. The average molecular weight is 236 g/mol. The number of nitrogens with zero attached hydrogens (tertiary/aromatic N) is 2. The van der Waals surface area contributed by atoms with Gasteiger partial charge in [0.15, 0.2) is 0 Å². The third-order valence-corrected chi connectivity index (χ3v) is 3.11. The highest BCUT2D eigenvalue weighted by atomic mass is 16.5. The van der Waals surface area contributed by atoms with Crippen LogP contribution in [0.5, 0.6) is 0 Å². The summed E-state index contributed by atoms with van der Waals surface area (Å²) in [6.45, 7) is 1.54. The summed E-state index contributed by atoms with van der Waals surface area (Å²) < 4.78 is 5.31. The van der Waals surface area contributed by atoms with E-state index in [4.69, 9.17) is 9.84 Å². The maximum Gasteiger partial charge on any atom is 0.354 e. The van der Waals surface area contributed by atoms with E-state index in [2.05, 4.69) is 9.88 Å². The number of hydrogen-bond donors (Lipinski definition) is 1. The Bertz CT molecular complexity index is 402. The summed E-state index contributed by atoms with van der Waals surface area (Å²) in [6.07, 6.45) is 3.48. The maximum absolute atomic E-state index is 10.9. The Morgan fingerprint density at radius 2 is 2.24 bits per heavy atom. The van der Waals surface area contributed by atoms with E-state index in [1.54, 1.807) is 6.07 Å². The number of aromatic carboxylic acids is 1. The SMILES string of the molecule is CN(c1ccnc(C(=O)O)c1)C1CCOCC1. The lowest BCUT2D eigenvalue weighted by atomic mass is 10.1. The molecular weight excluding hydrogens is 220 g/mol. The molecule has 1 aliphatic heterocycles. The van der Waals surface area contributed by atoms with Crippen molar-refractivity contribution in [2.45, 2.75) is 18.9 Å². The molecule has 92 valence electrons. The second kappa shape index (κ2) is 5.14. The van der Waals surface area contributed by atoms with Crippen molar-refractivity contribution in [2.24, 2.45) is 0 Å². The molecule has 1 saturated heterocycles. The second-order valence-corrected chi connectivity index (χ2v) is 4.16. The molecule has 0 saturated carbocycles. The summed E-state index contributed by atoms with van der Waals surface area (Å²) in [5.74, 6) is -0.993. The number of aromatic nitrogens is 1. The summed E-state index contributed by atoms with van der Waals surface area (Å²) in [4.78, 5) is 16.8. The van der Waals surface area contributed by atoms with Gasteiger partial charge in [0.2, 0.25) is 0 Å². The standard InChI is InChI=1S/C12H16N2O3/c1-14(9-3-6-17-7-4-9)10-2-5-13-11(8-10)12(15)16/h2,5,8-9H,3-4,6-7H2,1H3,(H,15,16). The van der Waals surface area contributed by atoms with Gasteiger partial charge < -0.3 is 14.7 Å². The molecule has 1 aromatic heterocycles. The van der Waals surface area contributed by atoms with Gasteiger partial charge in [0.1, 0.15) is 5.69 Å². The van der Waals surface area contributed by atoms with Crippen LogP contribution in [0.25, 0.3) is 0 Å². The van der Waals surface area contributed by atoms with Crippen LogP contribution in [0, 0.1) is 0 Å². The molecule has 0 aliphatic carbocycles. The van der Waals surface area contributed by atoms with Gasteiger partial charge in [-0.05, 0) is 25.0 Å². The largest absolute Gasteiger partial charge is 0.477 e. The summed E-state index contributed by atoms with van der Waals surface area (Å²) in [7, 11) is 1.98. The van der Waals surface area contributed by atoms with Crippen molar-refractivity contribution in [3.8, 4) is 0 Å². The maximum atomic E-state index is 10.9. The van der Waals surface area contributed by atoms with Gasteiger partial charge in [-0.3, -0.25) is 0 Å². The van der Waals surface area contributed by atoms with Crippen LogP contribution in [0.2, 0.25) is 0 Å². The van der Waals surface area contributed by atoms with Gasteiger partial charge in [-0.2, -0.15) is 0 Å². The Morgan fingerprint density at radius 1 is 1.53 bits per heavy atom. The van der Waals surface area contributed by atoms with E-state index in [1.807, 2.05) is 13.1 Å². The number of hydrogen-bond acceptors (Lipinski definition) is 4. The molecule has 0 bridgehead atoms. The van der Waals surface area contributed by atoms with Crippen LogP contribution in [0.1, 0.15) is 23.3 Å². The highest BCUT2D eigenvalue weighted by molar-refractivity contribution is 5.86. The number of rotatable bonds is 3. The Balaban J connectivity index is 2.14. The first-order chi connectivity index (χ1) is 8.18. The molecule has 0 amide bonds. The molecule has 1 N–H and O–H groups in total. The molecule has 0 aromatic carbocycles. The number of carbonyl (C=O) groups is 1. The van der Waals surface area contributed by atoms with Crippen LogP contribution >= 0.6 is 0 Å². The molecule has 0 spiro atoms. The van der Waals surface area contributed by atoms with Crippen LogP contribution in [0.4, 0.5) is 5.69 Å². The van der Waals surface area contributed by atoms with Gasteiger partial charge in [0.05, 0.1) is 0 Å². The third kappa shape index (κ3) is 2.74. The number of carboxylic acids is 1. The van der Waals surface area contributed by atoms with Crippen molar-refractivity contribution >= 4 is 11.7 Å². The Morgan fingerprint density at radius 3 is 2.88 bits per heavy atom. The van der Waals surface area contributed by atoms with E-state index in [9.17, 15) is 4.79 Å². The van der Waals surface area contributed by atoms with Crippen LogP contribution in [0.15, 0.2) is 18.3 Å². The smallest absolute Gasteiger partial charge is 0.354 e. The molecule has 5 nitrogen and oxygen atoms in total. The van der Waals surface area contributed by atoms with Crippen molar-refractivity contribution in [3.63, 3.8) is 0 Å². The molecule has 1 aliphatic rings. The van der Waals surface area contributed by atoms with Crippen molar-refractivity contribution < 1.29 is 14.6 Å². The van der Waals surface area contributed by atoms with E-state index in [-0.39, 0.29) is 5.69 Å². The molecule has 0 atom stereocenters. The Labute approximate surface area is 100 Å². The lowest BCUT2D eigenvalue weighted by Gasteiger charge is -2.32. The van der Waals surface area contributed by atoms with Crippen molar-refractivity contribution in [3.05, 3.63) is 24.0 Å². The molecule has 0 unspecified atom stereocenters. The molecule has 2 rings (SSSR count). The van der Waals surface area contributed by atoms with Crippen molar-refractivity contribution in [2.75, 3.05) is 25.2 Å². The minimum atomic E-state index is -0.993. The third-order valence-electron chi connectivity index (χ3n) is 3.11. The first kappa shape index (κ1) is 11.9. The van der Waals surface area contributed by atoms with E-state index in [1.165, 1.54) is 6.20 Å². The Kier molecular flexibility index (Phi) is 3.58. The van der Waals surface area contributed by atoms with Gasteiger partial charge in [-0.15, -0.1) is 0 Å². The molecule has 17 heavy (non-hydrogen) atoms. The predicted octanol–water partition coefficient (Wildman–Crippen LogP) is 1.40. The van der Waals surface area contributed by atoms with Crippen LogP contribution in [-0.4, -0.2) is 42.4 Å². The normalized spacial score (nSPS) is 16.8. The van der Waals surface area contributed by atoms with E-state index >= 15 is 0 Å². The van der Waals surface area contributed by atoms with Gasteiger partial charge in [-0.25, -0.2) is 9.78 Å². The first-order valence-electron chi connectivity index (χ1n) is 5.68. The minimum absolute atomic E-state index is 0.0846. The number of pyridine rings is 1. The lowest BCUT2D eigenvalue weighted by molar-refractivity contribution is 0.0690. The van der Waals surface area contributed by atoms with E-state index in [0.717, 1.165) is 31.7 Å². The van der Waals surface area contributed by atoms with Gasteiger partial charge in [-0.1, -0.05) is 0 Å². The molecule has 0 radical (unpaired) electrons. The quantitative estimate of drug-likeness (QED) is 0.859. The van der Waals surface area contributed by atoms with E-state index in [0.29, 0.717) is 6.04 Å². The topological polar surface area (TPSA) is 62.7 Å². The first-order valence-corrected chi connectivity index (χ1v) is 5.68. The van der Waals surface area contributed by atoms with Gasteiger partial charge in [0.25, 0.3) is 0 Å². The van der Waals surface area contributed by atoms with Crippen LogP contribution < -0.4 is 4.90 Å². The zero-order valence-corrected chi connectivity index (χ0v) is 9.80. The van der Waals surface area contributed by atoms with Crippen molar-refractivity contribution in [1.82, 2.24) is 4.98 Å². The molecular formula is C12H16N2O3. The second-order valence-electron chi connectivity index (χ2n) is 4.16. The monoisotopic (exact) mass is 236 g/mol. The highest BCUT2D eigenvalue weighted by Gasteiger charge is 2.19. The number of ether oxygens (including phenoxy) is 1. The molecule has 1 aromatic rings. The van der Waals surface area contributed by atoms with Gasteiger partial charge >= 0.3 is 5.97 Å². The highest BCUT2D eigenvalue weighted by Crippen LogP contribution is 2.21. The van der Waals surface area contributed by atoms with E-state index < -0.39 is 5.97 Å². The Hall–Kier alpha value is -1.62. The molecule has 5 heteroatoms. The van der Waals surface area contributed by atoms with Gasteiger partial charge in [0, 0.05) is 38.2 Å². The summed E-state index contributed by atoms with van der Waals surface area (Å²) in [5, 5.41) is 8.90. The molecule has 2 heterocycles. The predicted molar refractivity (Wildman–Crippen MR) is 63.4 cm³/mol. The number of carboxylic acid groups (broad SMARTS) is 1. The van der Waals surface area contributed by atoms with Crippen LogP contribution in [-0.2, 0) is 4.74 Å². The molecule has 1 fully saturated rings. The summed E-state index contributed by atoms with van der Waals surface area (Å²) in [6, 6.07) is 3.85. The zero-order valence-electron chi connectivity index (χ0n) is 9.80. The lowest BCUT2D eigenvalue weighted by Crippen LogP contribution is -2.36.